The fourth-order valence-electron chi connectivity index (χ4n) is 1.20. The average molecular weight is 314 g/mol. The molecule has 1 unspecified atom stereocenters. The van der Waals surface area contributed by atoms with Crippen LogP contribution in [0.15, 0.2) is 16.9 Å². The molecule has 0 saturated carbocycles. The number of carbonyl (C=O) groups is 1. The molecule has 1 atom stereocenters. The molecule has 0 spiro atoms. The van der Waals surface area contributed by atoms with E-state index in [0.717, 1.165) is 6.20 Å². The number of nitro groups is 1. The van der Waals surface area contributed by atoms with E-state index < -0.39 is 16.9 Å². The fourth-order valence-corrected chi connectivity index (χ4v) is 1.63. The van der Waals surface area contributed by atoms with Gasteiger partial charge in [0.1, 0.15) is 17.9 Å². The van der Waals surface area contributed by atoms with Crippen molar-refractivity contribution in [3.63, 3.8) is 0 Å². The van der Waals surface area contributed by atoms with Crippen molar-refractivity contribution in [2.45, 2.75) is 12.5 Å². The minimum atomic E-state index is -1.19. The number of anilines is 1. The van der Waals surface area contributed by atoms with Crippen LogP contribution < -0.4 is 5.32 Å². The van der Waals surface area contributed by atoms with Crippen LogP contribution in [-0.2, 0) is 4.79 Å². The Bertz CT molecular complexity index is 526. The van der Waals surface area contributed by atoms with Crippen LogP contribution in [0.2, 0.25) is 0 Å². The average Bonchev–Trinajstić information content (AvgIpc) is 2.30. The van der Waals surface area contributed by atoms with Gasteiger partial charge in [0.25, 0.3) is 0 Å². The maximum absolute atomic E-state index is 10.9. The van der Waals surface area contributed by atoms with Crippen LogP contribution >= 0.6 is 15.9 Å². The van der Waals surface area contributed by atoms with Gasteiger partial charge in [-0.3, -0.25) is 15.1 Å². The zero-order valence-corrected chi connectivity index (χ0v) is 10.5. The van der Waals surface area contributed by atoms with Crippen LogP contribution in [0.3, 0.4) is 0 Å². The molecule has 0 bridgehead atoms. The number of aliphatic carboxylic acids is 1. The molecule has 0 aliphatic heterocycles. The van der Waals surface area contributed by atoms with Crippen molar-refractivity contribution < 1.29 is 14.8 Å². The highest BCUT2D eigenvalue weighted by molar-refractivity contribution is 9.10. The van der Waals surface area contributed by atoms with E-state index in [-0.39, 0.29) is 17.8 Å². The Morgan fingerprint density at radius 3 is 2.89 bits per heavy atom. The van der Waals surface area contributed by atoms with E-state index in [4.69, 9.17) is 11.5 Å². The summed E-state index contributed by atoms with van der Waals surface area (Å²) in [7, 11) is 0. The third kappa shape index (κ3) is 3.18. The molecule has 0 amide bonds. The van der Waals surface area contributed by atoms with E-state index >= 15 is 0 Å². The first-order valence-electron chi connectivity index (χ1n) is 4.68. The number of pyridine rings is 1. The highest BCUT2D eigenvalue weighted by Crippen LogP contribution is 2.31. The molecular weight excluding hydrogens is 306 g/mol. The van der Waals surface area contributed by atoms with Crippen LogP contribution in [-0.4, -0.2) is 27.0 Å². The Balaban J connectivity index is 3.13. The van der Waals surface area contributed by atoms with Gasteiger partial charge in [-0.25, -0.2) is 4.79 Å². The van der Waals surface area contributed by atoms with Crippen LogP contribution in [0, 0.1) is 22.5 Å². The first kappa shape index (κ1) is 13.9. The molecule has 0 aliphatic carbocycles. The SMILES string of the molecule is C#CCC(Nc1c(Br)cncc1[N+](=O)[O-])C(=O)O. The Labute approximate surface area is 111 Å². The lowest BCUT2D eigenvalue weighted by molar-refractivity contribution is -0.384. The lowest BCUT2D eigenvalue weighted by Crippen LogP contribution is -2.29. The van der Waals surface area contributed by atoms with Gasteiger partial charge in [-0.1, -0.05) is 0 Å². The standard InChI is InChI=1S/C10H8BrN3O4/c1-2-3-7(10(15)16)13-9-6(11)4-12-5-8(9)14(17)18/h1,4-5,7H,3H2,(H,12,13)(H,15,16). The largest absolute Gasteiger partial charge is 0.480 e. The Hall–Kier alpha value is -2.14. The monoisotopic (exact) mass is 313 g/mol. The van der Waals surface area contributed by atoms with Crippen molar-refractivity contribution in [2.75, 3.05) is 5.32 Å². The second-order valence-corrected chi connectivity index (χ2v) is 4.07. The molecule has 7 nitrogen and oxygen atoms in total. The van der Waals surface area contributed by atoms with Gasteiger partial charge in [-0.05, 0) is 15.9 Å². The summed E-state index contributed by atoms with van der Waals surface area (Å²) < 4.78 is 0.292. The van der Waals surface area contributed by atoms with Crippen molar-refractivity contribution in [3.05, 3.63) is 27.0 Å². The summed E-state index contributed by atoms with van der Waals surface area (Å²) in [4.78, 5) is 24.7. The van der Waals surface area contributed by atoms with Crippen molar-refractivity contribution in [3.8, 4) is 12.3 Å². The number of nitrogens with one attached hydrogen (secondary N) is 1. The lowest BCUT2D eigenvalue weighted by atomic mass is 10.2. The Morgan fingerprint density at radius 2 is 2.39 bits per heavy atom. The number of carboxylic acids is 1. The van der Waals surface area contributed by atoms with E-state index in [1.165, 1.54) is 6.20 Å². The van der Waals surface area contributed by atoms with Gasteiger partial charge in [0, 0.05) is 12.6 Å². The van der Waals surface area contributed by atoms with Crippen LogP contribution in [0.4, 0.5) is 11.4 Å². The zero-order chi connectivity index (χ0) is 13.7. The smallest absolute Gasteiger partial charge is 0.327 e. The van der Waals surface area contributed by atoms with Gasteiger partial charge >= 0.3 is 11.7 Å². The lowest BCUT2D eigenvalue weighted by Gasteiger charge is -2.14. The van der Waals surface area contributed by atoms with Gasteiger partial charge < -0.3 is 10.4 Å². The molecule has 0 aliphatic rings. The predicted molar refractivity (Wildman–Crippen MR) is 67.1 cm³/mol. The summed E-state index contributed by atoms with van der Waals surface area (Å²) in [5, 5.41) is 22.3. The minimum Gasteiger partial charge on any atom is -0.480 e. The number of aromatic nitrogens is 1. The van der Waals surface area contributed by atoms with E-state index in [1.807, 2.05) is 0 Å². The molecule has 1 heterocycles. The molecule has 0 radical (unpaired) electrons. The quantitative estimate of drug-likeness (QED) is 0.486. The first-order chi connectivity index (χ1) is 8.47. The third-order valence-corrected chi connectivity index (χ3v) is 2.62. The topological polar surface area (TPSA) is 105 Å². The molecule has 0 saturated heterocycles. The van der Waals surface area contributed by atoms with Gasteiger partial charge in [0.2, 0.25) is 0 Å². The normalized spacial score (nSPS) is 11.3. The highest BCUT2D eigenvalue weighted by atomic mass is 79.9. The second-order valence-electron chi connectivity index (χ2n) is 3.22. The predicted octanol–water partition coefficient (Wildman–Crippen LogP) is 1.64. The van der Waals surface area contributed by atoms with E-state index in [1.54, 1.807) is 0 Å². The molecule has 0 fully saturated rings. The van der Waals surface area contributed by atoms with Crippen LogP contribution in [0.1, 0.15) is 6.42 Å². The number of carboxylic acid groups (broad SMARTS) is 1. The summed E-state index contributed by atoms with van der Waals surface area (Å²) in [6.07, 6.45) is 7.30. The van der Waals surface area contributed by atoms with Gasteiger partial charge in [-0.15, -0.1) is 12.3 Å². The van der Waals surface area contributed by atoms with Crippen molar-refractivity contribution in [2.24, 2.45) is 0 Å². The molecule has 1 rings (SSSR count). The number of halogens is 1. The molecule has 1 aromatic rings. The summed E-state index contributed by atoms with van der Waals surface area (Å²) in [5.74, 6) is 1.00. The maximum Gasteiger partial charge on any atom is 0.327 e. The van der Waals surface area contributed by atoms with Crippen LogP contribution in [0.5, 0.6) is 0 Å². The highest BCUT2D eigenvalue weighted by Gasteiger charge is 2.23. The van der Waals surface area contributed by atoms with Gasteiger partial charge in [0.15, 0.2) is 0 Å². The Kier molecular flexibility index (Phi) is 4.62. The second kappa shape index (κ2) is 5.97. The number of hydrogen-bond donors (Lipinski definition) is 2. The van der Waals surface area contributed by atoms with Crippen molar-refractivity contribution in [1.82, 2.24) is 4.98 Å². The molecule has 1 aromatic heterocycles. The number of nitrogens with zero attached hydrogens (tertiary/aromatic N) is 2. The van der Waals surface area contributed by atoms with E-state index in [2.05, 4.69) is 32.2 Å². The molecule has 8 heteroatoms. The fraction of sp³-hybridized carbons (Fsp3) is 0.200. The van der Waals surface area contributed by atoms with E-state index in [9.17, 15) is 14.9 Å². The maximum atomic E-state index is 10.9. The number of terminal acetylenes is 1. The van der Waals surface area contributed by atoms with Gasteiger partial charge in [0.05, 0.1) is 9.40 Å². The Morgan fingerprint density at radius 1 is 1.72 bits per heavy atom. The summed E-state index contributed by atoms with van der Waals surface area (Å²) >= 11 is 3.07. The number of hydrogen-bond acceptors (Lipinski definition) is 5. The zero-order valence-electron chi connectivity index (χ0n) is 8.96. The van der Waals surface area contributed by atoms with E-state index in [0.29, 0.717) is 4.47 Å². The first-order valence-corrected chi connectivity index (χ1v) is 5.47. The van der Waals surface area contributed by atoms with Crippen molar-refractivity contribution in [1.29, 1.82) is 0 Å². The molecule has 0 aromatic carbocycles. The van der Waals surface area contributed by atoms with Gasteiger partial charge in [-0.2, -0.15) is 0 Å². The van der Waals surface area contributed by atoms with Crippen LogP contribution in [0.25, 0.3) is 0 Å². The summed E-state index contributed by atoms with van der Waals surface area (Å²) in [5.41, 5.74) is -0.287. The van der Waals surface area contributed by atoms with Crippen molar-refractivity contribution >= 4 is 33.3 Å². The minimum absolute atomic E-state index is 0.0395. The number of rotatable bonds is 5. The molecule has 2 N–H and O–H groups in total. The molecule has 94 valence electrons. The summed E-state index contributed by atoms with van der Waals surface area (Å²) in [6.45, 7) is 0. The molecular formula is C10H8BrN3O4. The molecule has 18 heavy (non-hydrogen) atoms. The summed E-state index contributed by atoms with van der Waals surface area (Å²) in [6, 6.07) is -1.10. The third-order valence-electron chi connectivity index (χ3n) is 2.02.